The van der Waals surface area contributed by atoms with Gasteiger partial charge in [-0.1, -0.05) is 42.5 Å². The van der Waals surface area contributed by atoms with E-state index in [9.17, 15) is 14.4 Å². The number of fused-ring (bicyclic) bond motifs is 1. The highest BCUT2D eigenvalue weighted by Gasteiger charge is 2.50. The third-order valence-corrected chi connectivity index (χ3v) is 7.87. The SMILES string of the molecule is C[C@H](C(=O)N1CCN(Cc2csc(-c3ccccc3)n2)CC1)N1C(=O)[C@H]2CC=CC[C@@H]2C1=O. The molecule has 3 atom stereocenters. The Kier molecular flexibility index (Phi) is 6.12. The first-order valence-electron chi connectivity index (χ1n) is 11.6. The minimum Gasteiger partial charge on any atom is -0.338 e. The molecular weight excluding hydrogens is 436 g/mol. The molecule has 2 aliphatic heterocycles. The van der Waals surface area contributed by atoms with E-state index in [1.54, 1.807) is 23.2 Å². The highest BCUT2D eigenvalue weighted by atomic mass is 32.1. The summed E-state index contributed by atoms with van der Waals surface area (Å²) in [5.41, 5.74) is 2.16. The number of aromatic nitrogens is 1. The monoisotopic (exact) mass is 464 g/mol. The van der Waals surface area contributed by atoms with Crippen molar-refractivity contribution in [1.29, 1.82) is 0 Å². The molecule has 5 rings (SSSR count). The van der Waals surface area contributed by atoms with Gasteiger partial charge >= 0.3 is 0 Å². The van der Waals surface area contributed by atoms with Crippen LogP contribution in [-0.4, -0.2) is 69.6 Å². The van der Waals surface area contributed by atoms with Crippen LogP contribution in [0.4, 0.5) is 0 Å². The lowest BCUT2D eigenvalue weighted by Crippen LogP contribution is -2.55. The summed E-state index contributed by atoms with van der Waals surface area (Å²) in [6.07, 6.45) is 5.11. The summed E-state index contributed by atoms with van der Waals surface area (Å²) in [5, 5.41) is 3.12. The number of likely N-dealkylation sites (tertiary alicyclic amines) is 1. The van der Waals surface area contributed by atoms with Crippen LogP contribution < -0.4 is 0 Å². The Bertz CT molecular complexity index is 1050. The summed E-state index contributed by atoms with van der Waals surface area (Å²) in [6.45, 7) is 5.10. The lowest BCUT2D eigenvalue weighted by atomic mass is 9.85. The molecule has 1 aromatic heterocycles. The van der Waals surface area contributed by atoms with Gasteiger partial charge in [0.25, 0.3) is 0 Å². The van der Waals surface area contributed by atoms with Crippen LogP contribution in [0.1, 0.15) is 25.5 Å². The number of amides is 3. The quantitative estimate of drug-likeness (QED) is 0.503. The van der Waals surface area contributed by atoms with Crippen LogP contribution >= 0.6 is 11.3 Å². The molecule has 3 aliphatic rings. The average Bonchev–Trinajstić information content (AvgIpc) is 3.42. The molecule has 1 aromatic carbocycles. The number of rotatable bonds is 5. The molecule has 3 heterocycles. The lowest BCUT2D eigenvalue weighted by molar-refractivity contribution is -0.151. The Morgan fingerprint density at radius 3 is 2.30 bits per heavy atom. The second kappa shape index (κ2) is 9.19. The molecule has 0 N–H and O–H groups in total. The third-order valence-electron chi connectivity index (χ3n) is 6.93. The summed E-state index contributed by atoms with van der Waals surface area (Å²) in [7, 11) is 0. The van der Waals surface area contributed by atoms with Crippen LogP contribution in [0.3, 0.4) is 0 Å². The highest BCUT2D eigenvalue weighted by Crippen LogP contribution is 2.36. The number of carbonyl (C=O) groups is 3. The van der Waals surface area contributed by atoms with E-state index >= 15 is 0 Å². The molecule has 8 heteroatoms. The molecule has 0 unspecified atom stereocenters. The zero-order chi connectivity index (χ0) is 22.9. The standard InChI is InChI=1S/C25H28N4O3S/c1-17(29-24(31)20-9-5-6-10-21(20)25(29)32)23(30)28-13-11-27(12-14-28)15-19-16-33-22(26-19)18-7-3-2-4-8-18/h2-8,16-17,20-21H,9-15H2,1H3/t17-,20+,21+/m1/s1. The topological polar surface area (TPSA) is 73.8 Å². The Morgan fingerprint density at radius 1 is 1.03 bits per heavy atom. The van der Waals surface area contributed by atoms with Crippen molar-refractivity contribution in [3.05, 3.63) is 53.6 Å². The van der Waals surface area contributed by atoms with Gasteiger partial charge in [-0.05, 0) is 19.8 Å². The van der Waals surface area contributed by atoms with Crippen LogP contribution in [0.25, 0.3) is 10.6 Å². The molecule has 33 heavy (non-hydrogen) atoms. The van der Waals surface area contributed by atoms with Crippen LogP contribution in [0.2, 0.25) is 0 Å². The second-order valence-corrected chi connectivity index (χ2v) is 9.85. The number of allylic oxidation sites excluding steroid dienone is 2. The predicted octanol–water partition coefficient (Wildman–Crippen LogP) is 2.79. The van der Waals surface area contributed by atoms with Crippen LogP contribution in [0.15, 0.2) is 47.9 Å². The van der Waals surface area contributed by atoms with E-state index in [1.165, 1.54) is 4.90 Å². The number of hydrogen-bond donors (Lipinski definition) is 0. The number of hydrogen-bond acceptors (Lipinski definition) is 6. The zero-order valence-corrected chi connectivity index (χ0v) is 19.5. The smallest absolute Gasteiger partial charge is 0.245 e. The number of thiazole rings is 1. The normalized spacial score (nSPS) is 24.3. The zero-order valence-electron chi connectivity index (χ0n) is 18.7. The van der Waals surface area contributed by atoms with Gasteiger partial charge in [0.15, 0.2) is 0 Å². The highest BCUT2D eigenvalue weighted by molar-refractivity contribution is 7.13. The number of nitrogens with zero attached hydrogens (tertiary/aromatic N) is 4. The first kappa shape index (κ1) is 22.0. The van der Waals surface area contributed by atoms with Crippen LogP contribution in [0, 0.1) is 11.8 Å². The van der Waals surface area contributed by atoms with E-state index in [0.29, 0.717) is 25.9 Å². The maximum absolute atomic E-state index is 13.1. The van der Waals surface area contributed by atoms with E-state index in [0.717, 1.165) is 35.9 Å². The molecule has 7 nitrogen and oxygen atoms in total. The predicted molar refractivity (Wildman–Crippen MR) is 126 cm³/mol. The largest absolute Gasteiger partial charge is 0.338 e. The van der Waals surface area contributed by atoms with Gasteiger partial charge in [-0.2, -0.15) is 0 Å². The average molecular weight is 465 g/mol. The van der Waals surface area contributed by atoms with E-state index < -0.39 is 6.04 Å². The molecule has 0 radical (unpaired) electrons. The fourth-order valence-corrected chi connectivity index (χ4v) is 5.85. The molecule has 2 saturated heterocycles. The van der Waals surface area contributed by atoms with Crippen molar-refractivity contribution < 1.29 is 14.4 Å². The Morgan fingerprint density at radius 2 is 1.67 bits per heavy atom. The first-order chi connectivity index (χ1) is 16.0. The van der Waals surface area contributed by atoms with Gasteiger partial charge < -0.3 is 4.90 Å². The van der Waals surface area contributed by atoms with E-state index in [1.807, 2.05) is 30.4 Å². The number of carbonyl (C=O) groups excluding carboxylic acids is 3. The van der Waals surface area contributed by atoms with Gasteiger partial charge in [0.2, 0.25) is 17.7 Å². The van der Waals surface area contributed by atoms with E-state index in [2.05, 4.69) is 22.4 Å². The van der Waals surface area contributed by atoms with Crippen LogP contribution in [-0.2, 0) is 20.9 Å². The van der Waals surface area contributed by atoms with Gasteiger partial charge in [0.1, 0.15) is 11.0 Å². The van der Waals surface area contributed by atoms with Crippen molar-refractivity contribution in [2.75, 3.05) is 26.2 Å². The van der Waals surface area contributed by atoms with Crippen molar-refractivity contribution in [3.8, 4) is 10.6 Å². The van der Waals surface area contributed by atoms with Crippen molar-refractivity contribution in [2.24, 2.45) is 11.8 Å². The van der Waals surface area contributed by atoms with E-state index in [4.69, 9.17) is 4.98 Å². The first-order valence-corrected chi connectivity index (χ1v) is 12.4. The third kappa shape index (κ3) is 4.25. The van der Waals surface area contributed by atoms with Gasteiger partial charge in [-0.3, -0.25) is 24.2 Å². The molecule has 0 saturated carbocycles. The molecule has 0 spiro atoms. The van der Waals surface area contributed by atoms with Crippen molar-refractivity contribution in [2.45, 2.75) is 32.4 Å². The Balaban J connectivity index is 1.16. The van der Waals surface area contributed by atoms with Crippen LogP contribution in [0.5, 0.6) is 0 Å². The van der Waals surface area contributed by atoms with Crippen molar-refractivity contribution >= 4 is 29.1 Å². The van der Waals surface area contributed by atoms with Crippen molar-refractivity contribution in [3.63, 3.8) is 0 Å². The molecule has 3 amide bonds. The lowest BCUT2D eigenvalue weighted by Gasteiger charge is -2.36. The Labute approximate surface area is 197 Å². The molecule has 1 aliphatic carbocycles. The summed E-state index contributed by atoms with van der Waals surface area (Å²) in [5.74, 6) is -1.11. The maximum Gasteiger partial charge on any atom is 0.245 e. The molecular formula is C25H28N4O3S. The fraction of sp³-hybridized carbons (Fsp3) is 0.440. The van der Waals surface area contributed by atoms with Gasteiger partial charge in [-0.15, -0.1) is 11.3 Å². The van der Waals surface area contributed by atoms with Gasteiger partial charge in [0.05, 0.1) is 17.5 Å². The molecule has 0 bridgehead atoms. The second-order valence-electron chi connectivity index (χ2n) is 8.99. The maximum atomic E-state index is 13.1. The summed E-state index contributed by atoms with van der Waals surface area (Å²) in [4.78, 5) is 48.9. The fourth-order valence-electron chi connectivity index (χ4n) is 5.03. The molecule has 172 valence electrons. The number of piperazine rings is 1. The Hall–Kier alpha value is -2.84. The summed E-state index contributed by atoms with van der Waals surface area (Å²) >= 11 is 1.65. The molecule has 2 aromatic rings. The minimum atomic E-state index is -0.742. The number of benzene rings is 1. The summed E-state index contributed by atoms with van der Waals surface area (Å²) in [6, 6.07) is 9.42. The summed E-state index contributed by atoms with van der Waals surface area (Å²) < 4.78 is 0. The van der Waals surface area contributed by atoms with E-state index in [-0.39, 0.29) is 29.6 Å². The van der Waals surface area contributed by atoms with Crippen molar-refractivity contribution in [1.82, 2.24) is 19.7 Å². The van der Waals surface area contributed by atoms with Gasteiger partial charge in [-0.25, -0.2) is 4.98 Å². The molecule has 2 fully saturated rings. The minimum absolute atomic E-state index is 0.136. The van der Waals surface area contributed by atoms with Gasteiger partial charge in [0, 0.05) is 43.7 Å². The number of imide groups is 1.